The fraction of sp³-hybridized carbons (Fsp3) is 0.583. The SMILES string of the molecule is Cc1cnc(NC(CCO)C(C)C)c([N+](=O)[O-])c1. The molecule has 0 fully saturated rings. The molecule has 0 saturated carbocycles. The van der Waals surface area contributed by atoms with Gasteiger partial charge in [0.15, 0.2) is 0 Å². The molecule has 18 heavy (non-hydrogen) atoms. The van der Waals surface area contributed by atoms with Gasteiger partial charge < -0.3 is 10.4 Å². The molecule has 1 unspecified atom stereocenters. The van der Waals surface area contributed by atoms with Crippen LogP contribution in [0.2, 0.25) is 0 Å². The lowest BCUT2D eigenvalue weighted by Gasteiger charge is -2.21. The van der Waals surface area contributed by atoms with Gasteiger partial charge in [-0.05, 0) is 24.8 Å². The maximum atomic E-state index is 11.0. The molecule has 6 heteroatoms. The van der Waals surface area contributed by atoms with Crippen LogP contribution < -0.4 is 5.32 Å². The third-order valence-electron chi connectivity index (χ3n) is 2.77. The van der Waals surface area contributed by atoms with E-state index < -0.39 is 4.92 Å². The van der Waals surface area contributed by atoms with E-state index in [-0.39, 0.29) is 30.1 Å². The number of rotatable bonds is 6. The van der Waals surface area contributed by atoms with Gasteiger partial charge in [-0.3, -0.25) is 10.1 Å². The first kappa shape index (κ1) is 14.4. The summed E-state index contributed by atoms with van der Waals surface area (Å²) in [5.41, 5.74) is 0.717. The second-order valence-electron chi connectivity index (χ2n) is 4.64. The molecule has 0 spiro atoms. The first-order valence-corrected chi connectivity index (χ1v) is 5.94. The van der Waals surface area contributed by atoms with Crippen LogP contribution in [-0.2, 0) is 0 Å². The van der Waals surface area contributed by atoms with Gasteiger partial charge in [0.1, 0.15) is 0 Å². The highest BCUT2D eigenvalue weighted by atomic mass is 16.6. The van der Waals surface area contributed by atoms with Gasteiger partial charge in [-0.1, -0.05) is 13.8 Å². The van der Waals surface area contributed by atoms with Crippen molar-refractivity contribution in [2.75, 3.05) is 11.9 Å². The summed E-state index contributed by atoms with van der Waals surface area (Å²) in [5.74, 6) is 0.512. The van der Waals surface area contributed by atoms with E-state index in [0.717, 1.165) is 5.56 Å². The molecule has 0 aromatic carbocycles. The molecule has 1 aromatic heterocycles. The van der Waals surface area contributed by atoms with Gasteiger partial charge in [0.05, 0.1) is 4.92 Å². The van der Waals surface area contributed by atoms with Crippen LogP contribution in [0.3, 0.4) is 0 Å². The van der Waals surface area contributed by atoms with E-state index in [1.165, 1.54) is 6.07 Å². The fourth-order valence-corrected chi connectivity index (χ4v) is 1.69. The third kappa shape index (κ3) is 3.66. The lowest BCUT2D eigenvalue weighted by atomic mass is 10.0. The maximum absolute atomic E-state index is 11.0. The molecule has 0 saturated heterocycles. The number of nitrogens with one attached hydrogen (secondary N) is 1. The van der Waals surface area contributed by atoms with E-state index in [2.05, 4.69) is 10.3 Å². The number of pyridine rings is 1. The average molecular weight is 253 g/mol. The van der Waals surface area contributed by atoms with E-state index >= 15 is 0 Å². The number of hydrogen-bond donors (Lipinski definition) is 2. The van der Waals surface area contributed by atoms with Crippen molar-refractivity contribution in [1.29, 1.82) is 0 Å². The highest BCUT2D eigenvalue weighted by molar-refractivity contribution is 5.57. The Hall–Kier alpha value is -1.69. The van der Waals surface area contributed by atoms with Crippen molar-refractivity contribution in [3.05, 3.63) is 27.9 Å². The van der Waals surface area contributed by atoms with Crippen molar-refractivity contribution in [2.45, 2.75) is 33.2 Å². The van der Waals surface area contributed by atoms with E-state index in [1.54, 1.807) is 13.1 Å². The summed E-state index contributed by atoms with van der Waals surface area (Å²) in [4.78, 5) is 14.6. The minimum absolute atomic E-state index is 0.0291. The highest BCUT2D eigenvalue weighted by Gasteiger charge is 2.20. The normalized spacial score (nSPS) is 12.5. The predicted octanol–water partition coefficient (Wildman–Crippen LogP) is 2.12. The van der Waals surface area contributed by atoms with Crippen LogP contribution >= 0.6 is 0 Å². The highest BCUT2D eigenvalue weighted by Crippen LogP contribution is 2.24. The zero-order chi connectivity index (χ0) is 13.7. The zero-order valence-corrected chi connectivity index (χ0v) is 10.9. The topological polar surface area (TPSA) is 88.3 Å². The van der Waals surface area contributed by atoms with Crippen molar-refractivity contribution in [1.82, 2.24) is 4.98 Å². The Balaban J connectivity index is 2.98. The predicted molar refractivity (Wildman–Crippen MR) is 69.6 cm³/mol. The van der Waals surface area contributed by atoms with E-state index in [9.17, 15) is 10.1 Å². The molecule has 0 aliphatic carbocycles. The monoisotopic (exact) mass is 253 g/mol. The number of aryl methyl sites for hydroxylation is 1. The quantitative estimate of drug-likeness (QED) is 0.598. The first-order chi connectivity index (χ1) is 8.45. The van der Waals surface area contributed by atoms with Crippen molar-refractivity contribution in [3.63, 3.8) is 0 Å². The second-order valence-corrected chi connectivity index (χ2v) is 4.64. The summed E-state index contributed by atoms with van der Waals surface area (Å²) in [7, 11) is 0. The Bertz CT molecular complexity index is 421. The standard InChI is InChI=1S/C12H19N3O3/c1-8(2)10(4-5-16)14-12-11(15(17)18)6-9(3)7-13-12/h6-8,10,16H,4-5H2,1-3H3,(H,13,14). The average Bonchev–Trinajstić information content (AvgIpc) is 2.30. The summed E-state index contributed by atoms with van der Waals surface area (Å²) in [5, 5.41) is 23.0. The van der Waals surface area contributed by atoms with Crippen LogP contribution in [-0.4, -0.2) is 27.7 Å². The number of aliphatic hydroxyl groups excluding tert-OH is 1. The second kappa shape index (κ2) is 6.30. The van der Waals surface area contributed by atoms with Crippen LogP contribution in [0.1, 0.15) is 25.8 Å². The van der Waals surface area contributed by atoms with Gasteiger partial charge in [0.25, 0.3) is 0 Å². The molecule has 1 atom stereocenters. The van der Waals surface area contributed by atoms with E-state index in [1.807, 2.05) is 13.8 Å². The minimum atomic E-state index is -0.446. The van der Waals surface area contributed by atoms with Crippen LogP contribution in [0.15, 0.2) is 12.3 Å². The lowest BCUT2D eigenvalue weighted by molar-refractivity contribution is -0.384. The number of nitrogens with zero attached hydrogens (tertiary/aromatic N) is 2. The lowest BCUT2D eigenvalue weighted by Crippen LogP contribution is -2.27. The molecule has 0 aliphatic heterocycles. The maximum Gasteiger partial charge on any atom is 0.311 e. The molecular formula is C12H19N3O3. The number of aromatic nitrogens is 1. The van der Waals surface area contributed by atoms with Gasteiger partial charge in [0.2, 0.25) is 5.82 Å². The number of nitro groups is 1. The zero-order valence-electron chi connectivity index (χ0n) is 10.9. The smallest absolute Gasteiger partial charge is 0.311 e. The van der Waals surface area contributed by atoms with Crippen LogP contribution in [0.25, 0.3) is 0 Å². The summed E-state index contributed by atoms with van der Waals surface area (Å²) in [6.45, 7) is 5.79. The van der Waals surface area contributed by atoms with Crippen LogP contribution in [0.5, 0.6) is 0 Å². The molecule has 0 radical (unpaired) electrons. The molecular weight excluding hydrogens is 234 g/mol. The summed E-state index contributed by atoms with van der Waals surface area (Å²) in [6, 6.07) is 1.45. The molecule has 1 heterocycles. The van der Waals surface area contributed by atoms with E-state index in [4.69, 9.17) is 5.11 Å². The Morgan fingerprint density at radius 1 is 1.56 bits per heavy atom. The molecule has 1 rings (SSSR count). The minimum Gasteiger partial charge on any atom is -0.396 e. The Labute approximate surface area is 106 Å². The Kier molecular flexibility index (Phi) is 5.03. The van der Waals surface area contributed by atoms with Gasteiger partial charge in [-0.25, -0.2) is 4.98 Å². The Morgan fingerprint density at radius 3 is 2.72 bits per heavy atom. The van der Waals surface area contributed by atoms with Crippen molar-refractivity contribution >= 4 is 11.5 Å². The summed E-state index contributed by atoms with van der Waals surface area (Å²) < 4.78 is 0. The van der Waals surface area contributed by atoms with Crippen LogP contribution in [0, 0.1) is 23.0 Å². The van der Waals surface area contributed by atoms with E-state index in [0.29, 0.717) is 6.42 Å². The number of hydrogen-bond acceptors (Lipinski definition) is 5. The molecule has 2 N–H and O–H groups in total. The van der Waals surface area contributed by atoms with Gasteiger partial charge in [-0.2, -0.15) is 0 Å². The molecule has 100 valence electrons. The molecule has 1 aromatic rings. The summed E-state index contributed by atoms with van der Waals surface area (Å²) in [6.07, 6.45) is 2.12. The first-order valence-electron chi connectivity index (χ1n) is 5.94. The largest absolute Gasteiger partial charge is 0.396 e. The van der Waals surface area contributed by atoms with Gasteiger partial charge >= 0.3 is 5.69 Å². The fourth-order valence-electron chi connectivity index (χ4n) is 1.69. The van der Waals surface area contributed by atoms with Gasteiger partial charge in [-0.15, -0.1) is 0 Å². The van der Waals surface area contributed by atoms with Crippen molar-refractivity contribution in [2.24, 2.45) is 5.92 Å². The summed E-state index contributed by atoms with van der Waals surface area (Å²) >= 11 is 0. The van der Waals surface area contributed by atoms with Crippen molar-refractivity contribution in [3.8, 4) is 0 Å². The molecule has 6 nitrogen and oxygen atoms in total. The molecule has 0 aliphatic rings. The molecule has 0 bridgehead atoms. The van der Waals surface area contributed by atoms with Gasteiger partial charge in [0, 0.05) is 24.9 Å². The Morgan fingerprint density at radius 2 is 2.22 bits per heavy atom. The molecule has 0 amide bonds. The van der Waals surface area contributed by atoms with Crippen molar-refractivity contribution < 1.29 is 10.0 Å². The number of anilines is 1. The number of aliphatic hydroxyl groups is 1. The third-order valence-corrected chi connectivity index (χ3v) is 2.77. The van der Waals surface area contributed by atoms with Crippen LogP contribution in [0.4, 0.5) is 11.5 Å².